The Bertz CT molecular complexity index is 543. The SMILES string of the molecule is CCn1c(CC2CNC2)nc2ccc(Cl)cc21. The van der Waals surface area contributed by atoms with Crippen molar-refractivity contribution in [3.05, 3.63) is 29.0 Å². The Morgan fingerprint density at radius 2 is 2.29 bits per heavy atom. The predicted molar refractivity (Wildman–Crippen MR) is 70.5 cm³/mol. The standard InChI is InChI=1S/C13H16ClN3/c1-2-17-12-6-10(14)3-4-11(12)16-13(17)5-9-7-15-8-9/h3-4,6,9,15H,2,5,7-8H2,1H3. The van der Waals surface area contributed by atoms with E-state index in [0.29, 0.717) is 0 Å². The minimum Gasteiger partial charge on any atom is -0.328 e. The minimum atomic E-state index is 0.743. The number of imidazole rings is 1. The Kier molecular flexibility index (Phi) is 2.81. The molecule has 1 N–H and O–H groups in total. The van der Waals surface area contributed by atoms with Gasteiger partial charge in [0.2, 0.25) is 0 Å². The van der Waals surface area contributed by atoms with Gasteiger partial charge in [-0.25, -0.2) is 4.98 Å². The summed E-state index contributed by atoms with van der Waals surface area (Å²) in [5, 5.41) is 4.09. The molecule has 0 atom stereocenters. The van der Waals surface area contributed by atoms with Gasteiger partial charge in [-0.1, -0.05) is 11.6 Å². The zero-order valence-electron chi connectivity index (χ0n) is 9.91. The number of halogens is 1. The van der Waals surface area contributed by atoms with Gasteiger partial charge in [0.15, 0.2) is 0 Å². The molecule has 90 valence electrons. The number of rotatable bonds is 3. The highest BCUT2D eigenvalue weighted by molar-refractivity contribution is 6.31. The van der Waals surface area contributed by atoms with Crippen molar-refractivity contribution in [1.29, 1.82) is 0 Å². The molecule has 1 fully saturated rings. The highest BCUT2D eigenvalue weighted by Crippen LogP contribution is 2.22. The maximum atomic E-state index is 6.05. The van der Waals surface area contributed by atoms with Gasteiger partial charge in [-0.05, 0) is 44.1 Å². The van der Waals surface area contributed by atoms with Crippen LogP contribution in [0, 0.1) is 5.92 Å². The van der Waals surface area contributed by atoms with Gasteiger partial charge in [-0.15, -0.1) is 0 Å². The first kappa shape index (κ1) is 11.1. The van der Waals surface area contributed by atoms with E-state index in [0.717, 1.165) is 48.0 Å². The van der Waals surface area contributed by atoms with Crippen LogP contribution in [0.3, 0.4) is 0 Å². The zero-order chi connectivity index (χ0) is 11.8. The van der Waals surface area contributed by atoms with Crippen LogP contribution in [-0.4, -0.2) is 22.6 Å². The van der Waals surface area contributed by atoms with Crippen LogP contribution in [0.15, 0.2) is 18.2 Å². The summed E-state index contributed by atoms with van der Waals surface area (Å²) >= 11 is 6.05. The highest BCUT2D eigenvalue weighted by Gasteiger charge is 2.20. The van der Waals surface area contributed by atoms with Gasteiger partial charge in [-0.3, -0.25) is 0 Å². The van der Waals surface area contributed by atoms with Crippen molar-refractivity contribution < 1.29 is 0 Å². The molecular weight excluding hydrogens is 234 g/mol. The number of hydrogen-bond donors (Lipinski definition) is 1. The molecule has 1 aromatic heterocycles. The molecule has 0 amide bonds. The van der Waals surface area contributed by atoms with Crippen LogP contribution in [0.5, 0.6) is 0 Å². The van der Waals surface area contributed by atoms with Crippen LogP contribution in [0.25, 0.3) is 11.0 Å². The molecule has 4 heteroatoms. The maximum Gasteiger partial charge on any atom is 0.110 e. The van der Waals surface area contributed by atoms with Crippen molar-refractivity contribution in [2.24, 2.45) is 5.92 Å². The molecule has 1 saturated heterocycles. The van der Waals surface area contributed by atoms with Crippen molar-refractivity contribution in [2.45, 2.75) is 19.9 Å². The second kappa shape index (κ2) is 4.31. The molecule has 3 nitrogen and oxygen atoms in total. The predicted octanol–water partition coefficient (Wildman–Crippen LogP) is 2.47. The zero-order valence-corrected chi connectivity index (χ0v) is 10.7. The smallest absolute Gasteiger partial charge is 0.110 e. The van der Waals surface area contributed by atoms with E-state index in [1.54, 1.807) is 0 Å². The van der Waals surface area contributed by atoms with E-state index < -0.39 is 0 Å². The number of benzene rings is 1. The first-order valence-corrected chi connectivity index (χ1v) is 6.51. The van der Waals surface area contributed by atoms with Crippen molar-refractivity contribution in [2.75, 3.05) is 13.1 Å². The van der Waals surface area contributed by atoms with Crippen molar-refractivity contribution >= 4 is 22.6 Å². The summed E-state index contributed by atoms with van der Waals surface area (Å²) < 4.78 is 2.28. The molecule has 2 aromatic rings. The lowest BCUT2D eigenvalue weighted by Crippen LogP contribution is -2.43. The Labute approximate surface area is 106 Å². The average Bonchev–Trinajstić information content (AvgIpc) is 2.60. The molecule has 0 saturated carbocycles. The number of aryl methyl sites for hydroxylation is 1. The summed E-state index contributed by atoms with van der Waals surface area (Å²) in [4.78, 5) is 4.72. The molecule has 0 bridgehead atoms. The summed E-state index contributed by atoms with van der Waals surface area (Å²) in [6, 6.07) is 5.92. The second-order valence-corrected chi connectivity index (χ2v) is 5.07. The number of fused-ring (bicyclic) bond motifs is 1. The summed E-state index contributed by atoms with van der Waals surface area (Å²) in [5.41, 5.74) is 2.21. The van der Waals surface area contributed by atoms with E-state index in [4.69, 9.17) is 16.6 Å². The van der Waals surface area contributed by atoms with E-state index in [-0.39, 0.29) is 0 Å². The van der Waals surface area contributed by atoms with Crippen molar-refractivity contribution in [3.63, 3.8) is 0 Å². The molecule has 17 heavy (non-hydrogen) atoms. The molecule has 0 aliphatic carbocycles. The van der Waals surface area contributed by atoms with E-state index in [1.807, 2.05) is 18.2 Å². The van der Waals surface area contributed by atoms with E-state index in [1.165, 1.54) is 5.82 Å². The van der Waals surface area contributed by atoms with Crippen molar-refractivity contribution in [3.8, 4) is 0 Å². The summed E-state index contributed by atoms with van der Waals surface area (Å²) in [5.74, 6) is 1.93. The lowest BCUT2D eigenvalue weighted by molar-refractivity contribution is 0.338. The van der Waals surface area contributed by atoms with Gasteiger partial charge in [-0.2, -0.15) is 0 Å². The first-order valence-electron chi connectivity index (χ1n) is 6.13. The Hall–Kier alpha value is -1.06. The van der Waals surface area contributed by atoms with Crippen LogP contribution in [0.2, 0.25) is 5.02 Å². The molecule has 3 rings (SSSR count). The summed E-state index contributed by atoms with van der Waals surface area (Å²) in [6.45, 7) is 5.35. The molecule has 0 radical (unpaired) electrons. The molecule has 1 aliphatic heterocycles. The van der Waals surface area contributed by atoms with Crippen molar-refractivity contribution in [1.82, 2.24) is 14.9 Å². The fourth-order valence-electron chi connectivity index (χ4n) is 2.41. The lowest BCUT2D eigenvalue weighted by Gasteiger charge is -2.26. The van der Waals surface area contributed by atoms with Gasteiger partial charge in [0.05, 0.1) is 11.0 Å². The summed E-state index contributed by atoms with van der Waals surface area (Å²) in [7, 11) is 0. The Morgan fingerprint density at radius 3 is 2.94 bits per heavy atom. The topological polar surface area (TPSA) is 29.9 Å². The Morgan fingerprint density at radius 1 is 1.47 bits per heavy atom. The quantitative estimate of drug-likeness (QED) is 0.906. The van der Waals surface area contributed by atoms with Gasteiger partial charge >= 0.3 is 0 Å². The maximum absolute atomic E-state index is 6.05. The molecule has 2 heterocycles. The van der Waals surface area contributed by atoms with Crippen LogP contribution in [-0.2, 0) is 13.0 Å². The fourth-order valence-corrected chi connectivity index (χ4v) is 2.57. The third kappa shape index (κ3) is 1.94. The molecule has 0 spiro atoms. The normalized spacial score (nSPS) is 16.4. The summed E-state index contributed by atoms with van der Waals surface area (Å²) in [6.07, 6.45) is 1.06. The average molecular weight is 250 g/mol. The monoisotopic (exact) mass is 249 g/mol. The van der Waals surface area contributed by atoms with Crippen LogP contribution < -0.4 is 5.32 Å². The third-order valence-electron chi connectivity index (χ3n) is 3.44. The van der Waals surface area contributed by atoms with Gasteiger partial charge in [0.25, 0.3) is 0 Å². The lowest BCUT2D eigenvalue weighted by atomic mass is 9.99. The number of aromatic nitrogens is 2. The van der Waals surface area contributed by atoms with Gasteiger partial charge in [0, 0.05) is 18.0 Å². The van der Waals surface area contributed by atoms with E-state index in [2.05, 4.69) is 16.8 Å². The Balaban J connectivity index is 2.04. The molecule has 1 aliphatic rings. The fraction of sp³-hybridized carbons (Fsp3) is 0.462. The molecule has 1 aromatic carbocycles. The number of nitrogens with zero attached hydrogens (tertiary/aromatic N) is 2. The van der Waals surface area contributed by atoms with Crippen LogP contribution in [0.1, 0.15) is 12.7 Å². The van der Waals surface area contributed by atoms with E-state index in [9.17, 15) is 0 Å². The number of hydrogen-bond acceptors (Lipinski definition) is 2. The largest absolute Gasteiger partial charge is 0.328 e. The number of nitrogens with one attached hydrogen (secondary N) is 1. The van der Waals surface area contributed by atoms with Gasteiger partial charge in [0.1, 0.15) is 5.82 Å². The molecule has 0 unspecified atom stereocenters. The van der Waals surface area contributed by atoms with Crippen LogP contribution >= 0.6 is 11.6 Å². The second-order valence-electron chi connectivity index (χ2n) is 4.63. The third-order valence-corrected chi connectivity index (χ3v) is 3.68. The van der Waals surface area contributed by atoms with E-state index >= 15 is 0 Å². The van der Waals surface area contributed by atoms with Crippen LogP contribution in [0.4, 0.5) is 0 Å². The first-order chi connectivity index (χ1) is 8.28. The highest BCUT2D eigenvalue weighted by atomic mass is 35.5. The minimum absolute atomic E-state index is 0.743. The molecular formula is C13H16ClN3. The van der Waals surface area contributed by atoms with Gasteiger partial charge < -0.3 is 9.88 Å².